The van der Waals surface area contributed by atoms with E-state index in [1.165, 1.54) is 0 Å². The fraction of sp³-hybridized carbons (Fsp3) is 0.562. The van der Waals surface area contributed by atoms with Crippen LogP contribution in [0.15, 0.2) is 24.3 Å². The number of likely N-dealkylation sites (tertiary alicyclic amines) is 1. The number of rotatable bonds is 3. The van der Waals surface area contributed by atoms with Crippen LogP contribution < -0.4 is 10.1 Å². The molecule has 0 unspecified atom stereocenters. The maximum absolute atomic E-state index is 12.3. The quantitative estimate of drug-likeness (QED) is 0.907. The van der Waals surface area contributed by atoms with E-state index in [1.54, 1.807) is 7.11 Å². The van der Waals surface area contributed by atoms with Crippen LogP contribution in [0.25, 0.3) is 0 Å². The Morgan fingerprint density at radius 2 is 1.90 bits per heavy atom. The third-order valence-corrected chi connectivity index (χ3v) is 4.69. The van der Waals surface area contributed by atoms with E-state index in [9.17, 15) is 4.79 Å². The molecule has 108 valence electrons. The molecule has 1 aromatic carbocycles. The monoisotopic (exact) mass is 274 g/mol. The molecule has 2 heterocycles. The van der Waals surface area contributed by atoms with Crippen LogP contribution in [0.1, 0.15) is 18.4 Å². The van der Waals surface area contributed by atoms with Crippen molar-refractivity contribution in [3.8, 4) is 5.75 Å². The molecule has 0 aliphatic carbocycles. The molecule has 1 aromatic rings. The van der Waals surface area contributed by atoms with E-state index in [2.05, 4.69) is 5.32 Å². The van der Waals surface area contributed by atoms with Crippen LogP contribution in [0.3, 0.4) is 0 Å². The first-order valence-corrected chi connectivity index (χ1v) is 7.32. The Morgan fingerprint density at radius 3 is 2.40 bits per heavy atom. The van der Waals surface area contributed by atoms with Gasteiger partial charge in [0.05, 0.1) is 13.5 Å². The van der Waals surface area contributed by atoms with E-state index in [4.69, 9.17) is 4.74 Å². The van der Waals surface area contributed by atoms with Crippen molar-refractivity contribution in [2.45, 2.75) is 19.3 Å². The molecule has 0 bridgehead atoms. The predicted octanol–water partition coefficient (Wildman–Crippen LogP) is 1.45. The fourth-order valence-corrected chi connectivity index (χ4v) is 3.09. The summed E-state index contributed by atoms with van der Waals surface area (Å²) in [5, 5.41) is 3.35. The van der Waals surface area contributed by atoms with Gasteiger partial charge in [-0.25, -0.2) is 0 Å². The van der Waals surface area contributed by atoms with Gasteiger partial charge in [0.25, 0.3) is 0 Å². The number of benzene rings is 1. The van der Waals surface area contributed by atoms with Crippen molar-refractivity contribution in [3.63, 3.8) is 0 Å². The number of hydrogen-bond donors (Lipinski definition) is 1. The average Bonchev–Trinajstić information content (AvgIpc) is 2.46. The number of nitrogens with zero attached hydrogens (tertiary/aromatic N) is 1. The van der Waals surface area contributed by atoms with E-state index < -0.39 is 0 Å². The Balaban J connectivity index is 1.53. The second-order valence-corrected chi connectivity index (χ2v) is 6.01. The number of carbonyl (C=O) groups is 1. The molecule has 4 heteroatoms. The summed E-state index contributed by atoms with van der Waals surface area (Å²) in [6, 6.07) is 7.76. The average molecular weight is 274 g/mol. The molecule has 20 heavy (non-hydrogen) atoms. The molecule has 0 radical (unpaired) electrons. The smallest absolute Gasteiger partial charge is 0.226 e. The second kappa shape index (κ2) is 5.44. The number of hydrogen-bond acceptors (Lipinski definition) is 3. The van der Waals surface area contributed by atoms with Crippen molar-refractivity contribution in [3.05, 3.63) is 29.8 Å². The summed E-state index contributed by atoms with van der Waals surface area (Å²) in [7, 11) is 1.65. The minimum atomic E-state index is 0.247. The summed E-state index contributed by atoms with van der Waals surface area (Å²) in [5.41, 5.74) is 1.55. The Morgan fingerprint density at radius 1 is 1.25 bits per heavy atom. The largest absolute Gasteiger partial charge is 0.497 e. The van der Waals surface area contributed by atoms with Gasteiger partial charge < -0.3 is 15.0 Å². The van der Waals surface area contributed by atoms with E-state index in [-0.39, 0.29) is 5.91 Å². The van der Waals surface area contributed by atoms with E-state index in [1.807, 2.05) is 29.2 Å². The van der Waals surface area contributed by atoms with Crippen molar-refractivity contribution in [2.24, 2.45) is 5.41 Å². The third kappa shape index (κ3) is 2.66. The normalized spacial score (nSPS) is 20.6. The first-order valence-electron chi connectivity index (χ1n) is 7.32. The lowest BCUT2D eigenvalue weighted by molar-refractivity contribution is -0.133. The van der Waals surface area contributed by atoms with Gasteiger partial charge in [0.1, 0.15) is 5.75 Å². The third-order valence-electron chi connectivity index (χ3n) is 4.69. The highest BCUT2D eigenvalue weighted by atomic mass is 16.5. The minimum absolute atomic E-state index is 0.247. The zero-order chi connectivity index (χ0) is 14.0. The highest BCUT2D eigenvalue weighted by molar-refractivity contribution is 5.78. The van der Waals surface area contributed by atoms with Gasteiger partial charge in [-0.15, -0.1) is 0 Å². The Bertz CT molecular complexity index is 470. The number of nitrogens with one attached hydrogen (secondary N) is 1. The highest BCUT2D eigenvalue weighted by Crippen LogP contribution is 2.35. The lowest BCUT2D eigenvalue weighted by atomic mass is 9.73. The summed E-state index contributed by atoms with van der Waals surface area (Å²) in [4.78, 5) is 14.3. The molecule has 1 N–H and O–H groups in total. The number of carbonyl (C=O) groups excluding carboxylic acids is 1. The van der Waals surface area contributed by atoms with E-state index in [0.717, 1.165) is 50.3 Å². The Kier molecular flexibility index (Phi) is 3.66. The van der Waals surface area contributed by atoms with Gasteiger partial charge in [-0.1, -0.05) is 12.1 Å². The van der Waals surface area contributed by atoms with E-state index >= 15 is 0 Å². The number of ether oxygens (including phenoxy) is 1. The van der Waals surface area contributed by atoms with Crippen molar-refractivity contribution in [1.29, 1.82) is 0 Å². The standard InChI is InChI=1S/C16H22N2O2/c1-20-14-4-2-13(3-5-14)10-15(19)18-8-6-16(7-9-18)11-17-12-16/h2-5,17H,6-12H2,1H3. The van der Waals surface area contributed by atoms with Crippen LogP contribution >= 0.6 is 0 Å². The van der Waals surface area contributed by atoms with E-state index in [0.29, 0.717) is 11.8 Å². The van der Waals surface area contributed by atoms with Crippen LogP contribution in [-0.4, -0.2) is 44.1 Å². The van der Waals surface area contributed by atoms with Crippen LogP contribution in [0.2, 0.25) is 0 Å². The van der Waals surface area contributed by atoms with Crippen molar-refractivity contribution >= 4 is 5.91 Å². The predicted molar refractivity (Wildman–Crippen MR) is 77.8 cm³/mol. The molecule has 0 saturated carbocycles. The molecule has 0 aromatic heterocycles. The maximum atomic E-state index is 12.3. The summed E-state index contributed by atoms with van der Waals surface area (Å²) >= 11 is 0. The summed E-state index contributed by atoms with van der Waals surface area (Å²) in [6.45, 7) is 4.09. The van der Waals surface area contributed by atoms with Crippen LogP contribution in [0.4, 0.5) is 0 Å². The fourth-order valence-electron chi connectivity index (χ4n) is 3.09. The van der Waals surface area contributed by atoms with Crippen LogP contribution in [0, 0.1) is 5.41 Å². The molecule has 3 rings (SSSR count). The van der Waals surface area contributed by atoms with Gasteiger partial charge >= 0.3 is 0 Å². The number of amides is 1. The van der Waals surface area contributed by atoms with Crippen molar-refractivity contribution in [2.75, 3.05) is 33.3 Å². The summed E-state index contributed by atoms with van der Waals surface area (Å²) in [5.74, 6) is 1.08. The molecule has 2 aliphatic rings. The molecular formula is C16H22N2O2. The first kappa shape index (κ1) is 13.4. The molecule has 2 aliphatic heterocycles. The molecule has 1 amide bonds. The molecule has 4 nitrogen and oxygen atoms in total. The molecule has 2 fully saturated rings. The number of methoxy groups -OCH3 is 1. The number of piperidine rings is 1. The maximum Gasteiger partial charge on any atom is 0.226 e. The van der Waals surface area contributed by atoms with Crippen molar-refractivity contribution in [1.82, 2.24) is 10.2 Å². The zero-order valence-corrected chi connectivity index (χ0v) is 12.0. The van der Waals surface area contributed by atoms with Gasteiger partial charge in [-0.05, 0) is 36.0 Å². The summed E-state index contributed by atoms with van der Waals surface area (Å²) in [6.07, 6.45) is 2.79. The zero-order valence-electron chi connectivity index (χ0n) is 12.0. The van der Waals surface area contributed by atoms with Crippen LogP contribution in [-0.2, 0) is 11.2 Å². The van der Waals surface area contributed by atoms with Gasteiger partial charge in [0.15, 0.2) is 0 Å². The Hall–Kier alpha value is -1.55. The second-order valence-electron chi connectivity index (χ2n) is 6.01. The molecule has 0 atom stereocenters. The first-order chi connectivity index (χ1) is 9.71. The Labute approximate surface area is 120 Å². The topological polar surface area (TPSA) is 41.6 Å². The van der Waals surface area contributed by atoms with Crippen molar-refractivity contribution < 1.29 is 9.53 Å². The lowest BCUT2D eigenvalue weighted by Gasteiger charge is -2.48. The van der Waals surface area contributed by atoms with Gasteiger partial charge in [0.2, 0.25) is 5.91 Å². The highest BCUT2D eigenvalue weighted by Gasteiger charge is 2.40. The molecule has 1 spiro atoms. The van der Waals surface area contributed by atoms with Gasteiger partial charge in [-0.3, -0.25) is 4.79 Å². The summed E-state index contributed by atoms with van der Waals surface area (Å²) < 4.78 is 5.13. The van der Waals surface area contributed by atoms with Gasteiger partial charge in [-0.2, -0.15) is 0 Å². The van der Waals surface area contributed by atoms with Crippen LogP contribution in [0.5, 0.6) is 5.75 Å². The van der Waals surface area contributed by atoms with Gasteiger partial charge in [0, 0.05) is 26.2 Å². The lowest BCUT2D eigenvalue weighted by Crippen LogP contribution is -2.58. The molecule has 2 saturated heterocycles. The minimum Gasteiger partial charge on any atom is -0.497 e. The molecular weight excluding hydrogens is 252 g/mol. The SMILES string of the molecule is COc1ccc(CC(=O)N2CCC3(CC2)CNC3)cc1.